The van der Waals surface area contributed by atoms with Crippen LogP contribution in [0.2, 0.25) is 5.02 Å². The molecule has 0 saturated heterocycles. The molecule has 68 valence electrons. The zero-order chi connectivity index (χ0) is 9.84. The molecule has 0 spiro atoms. The summed E-state index contributed by atoms with van der Waals surface area (Å²) < 4.78 is 4.99. The number of methoxy groups -OCH3 is 1. The first-order chi connectivity index (χ1) is 6.19. The first-order valence-corrected chi connectivity index (χ1v) is 4.05. The fourth-order valence-electron chi connectivity index (χ4n) is 1.05. The van der Waals surface area contributed by atoms with Gasteiger partial charge in [0.25, 0.3) is 0 Å². The average Bonchev–Trinajstić information content (AvgIpc) is 2.11. The molecule has 0 saturated carbocycles. The number of nitrogen functional groups attached to an aromatic ring is 1. The van der Waals surface area contributed by atoms with E-state index in [4.69, 9.17) is 27.3 Å². The lowest BCUT2D eigenvalue weighted by molar-refractivity contribution is 0.416. The van der Waals surface area contributed by atoms with E-state index in [9.17, 15) is 0 Å². The molecule has 0 aliphatic heterocycles. The minimum atomic E-state index is 0.239. The van der Waals surface area contributed by atoms with E-state index < -0.39 is 0 Å². The standard InChI is InChI=1S/C9H9ClN2O/c1-13-8-5-7(10)4-6(2-3-11)9(8)12/h4-5H,2,12H2,1H3. The number of ether oxygens (including phenoxy) is 1. The maximum atomic E-state index is 8.51. The second-order valence-electron chi connectivity index (χ2n) is 2.52. The molecule has 1 rings (SSSR count). The van der Waals surface area contributed by atoms with Gasteiger partial charge in [0, 0.05) is 11.1 Å². The molecule has 13 heavy (non-hydrogen) atoms. The third-order valence-electron chi connectivity index (χ3n) is 1.68. The Morgan fingerprint density at radius 3 is 2.85 bits per heavy atom. The molecule has 0 heterocycles. The van der Waals surface area contributed by atoms with E-state index in [0.717, 1.165) is 0 Å². The maximum Gasteiger partial charge on any atom is 0.143 e. The van der Waals surface area contributed by atoms with Gasteiger partial charge in [0.05, 0.1) is 25.3 Å². The summed E-state index contributed by atoms with van der Waals surface area (Å²) in [4.78, 5) is 0. The van der Waals surface area contributed by atoms with Crippen molar-refractivity contribution in [2.24, 2.45) is 0 Å². The van der Waals surface area contributed by atoms with Crippen molar-refractivity contribution >= 4 is 17.3 Å². The Bertz CT molecular complexity index is 357. The predicted octanol–water partition coefficient (Wildman–Crippen LogP) is 2.00. The molecule has 3 nitrogen and oxygen atoms in total. The highest BCUT2D eigenvalue weighted by Gasteiger charge is 2.06. The Kier molecular flexibility index (Phi) is 2.99. The molecule has 0 fully saturated rings. The van der Waals surface area contributed by atoms with Gasteiger partial charge < -0.3 is 10.5 Å². The summed E-state index contributed by atoms with van der Waals surface area (Å²) >= 11 is 5.79. The monoisotopic (exact) mass is 196 g/mol. The number of benzene rings is 1. The van der Waals surface area contributed by atoms with Gasteiger partial charge in [0.1, 0.15) is 5.75 Å². The second-order valence-corrected chi connectivity index (χ2v) is 2.95. The number of nitrogens with two attached hydrogens (primary N) is 1. The Hall–Kier alpha value is -1.40. The number of hydrogen-bond donors (Lipinski definition) is 1. The molecule has 2 N–H and O–H groups in total. The van der Waals surface area contributed by atoms with E-state index in [0.29, 0.717) is 22.0 Å². The summed E-state index contributed by atoms with van der Waals surface area (Å²) in [7, 11) is 1.51. The van der Waals surface area contributed by atoms with Crippen molar-refractivity contribution in [1.82, 2.24) is 0 Å². The van der Waals surface area contributed by atoms with Crippen LogP contribution in [0, 0.1) is 11.3 Å². The van der Waals surface area contributed by atoms with Crippen LogP contribution in [0.15, 0.2) is 12.1 Å². The lowest BCUT2D eigenvalue weighted by Crippen LogP contribution is -1.97. The van der Waals surface area contributed by atoms with Crippen LogP contribution in [0.1, 0.15) is 5.56 Å². The molecule has 1 aromatic rings. The molecular weight excluding hydrogens is 188 g/mol. The van der Waals surface area contributed by atoms with Crippen LogP contribution in [-0.2, 0) is 6.42 Å². The van der Waals surface area contributed by atoms with Gasteiger partial charge in [0.2, 0.25) is 0 Å². The van der Waals surface area contributed by atoms with Crippen LogP contribution in [-0.4, -0.2) is 7.11 Å². The quantitative estimate of drug-likeness (QED) is 0.736. The average molecular weight is 197 g/mol. The topological polar surface area (TPSA) is 59.0 Å². The summed E-state index contributed by atoms with van der Waals surface area (Å²) in [5.41, 5.74) is 6.89. The molecule has 0 bridgehead atoms. The van der Waals surface area contributed by atoms with Crippen molar-refractivity contribution in [3.05, 3.63) is 22.7 Å². The lowest BCUT2D eigenvalue weighted by atomic mass is 10.1. The van der Waals surface area contributed by atoms with Crippen LogP contribution in [0.3, 0.4) is 0 Å². The van der Waals surface area contributed by atoms with Gasteiger partial charge in [-0.25, -0.2) is 0 Å². The normalized spacial score (nSPS) is 9.31. The van der Waals surface area contributed by atoms with Crippen molar-refractivity contribution in [3.63, 3.8) is 0 Å². The van der Waals surface area contributed by atoms with Crippen LogP contribution in [0.4, 0.5) is 5.69 Å². The van der Waals surface area contributed by atoms with Crippen LogP contribution in [0.5, 0.6) is 5.75 Å². The van der Waals surface area contributed by atoms with Gasteiger partial charge in [0.15, 0.2) is 0 Å². The lowest BCUT2D eigenvalue weighted by Gasteiger charge is -2.08. The number of hydrogen-bond acceptors (Lipinski definition) is 3. The predicted molar refractivity (Wildman–Crippen MR) is 51.7 cm³/mol. The van der Waals surface area contributed by atoms with Crippen LogP contribution < -0.4 is 10.5 Å². The molecular formula is C9H9ClN2O. The number of rotatable bonds is 2. The summed E-state index contributed by atoms with van der Waals surface area (Å²) in [6.07, 6.45) is 0.239. The Labute approximate surface area is 81.7 Å². The molecule has 0 unspecified atom stereocenters. The number of halogens is 1. The van der Waals surface area contributed by atoms with Crippen molar-refractivity contribution in [1.29, 1.82) is 5.26 Å². The number of nitrogens with zero attached hydrogens (tertiary/aromatic N) is 1. The largest absolute Gasteiger partial charge is 0.495 e. The highest BCUT2D eigenvalue weighted by atomic mass is 35.5. The second kappa shape index (κ2) is 4.01. The SMILES string of the molecule is COc1cc(Cl)cc(CC#N)c1N. The maximum absolute atomic E-state index is 8.51. The third kappa shape index (κ3) is 2.04. The van der Waals surface area contributed by atoms with E-state index in [1.165, 1.54) is 7.11 Å². The van der Waals surface area contributed by atoms with E-state index in [-0.39, 0.29) is 6.42 Å². The van der Waals surface area contributed by atoms with E-state index in [2.05, 4.69) is 0 Å². The van der Waals surface area contributed by atoms with Gasteiger partial charge in [-0.3, -0.25) is 0 Å². The van der Waals surface area contributed by atoms with Gasteiger partial charge in [-0.05, 0) is 11.6 Å². The smallest absolute Gasteiger partial charge is 0.143 e. The van der Waals surface area contributed by atoms with Crippen molar-refractivity contribution < 1.29 is 4.74 Å². The zero-order valence-electron chi connectivity index (χ0n) is 7.17. The number of nitriles is 1. The molecule has 4 heteroatoms. The van der Waals surface area contributed by atoms with E-state index in [1.54, 1.807) is 12.1 Å². The Morgan fingerprint density at radius 1 is 1.62 bits per heavy atom. The van der Waals surface area contributed by atoms with E-state index in [1.807, 2.05) is 6.07 Å². The van der Waals surface area contributed by atoms with Gasteiger partial charge in [-0.2, -0.15) is 5.26 Å². The van der Waals surface area contributed by atoms with Crippen molar-refractivity contribution in [2.45, 2.75) is 6.42 Å². The molecule has 1 aromatic carbocycles. The summed E-state index contributed by atoms with van der Waals surface area (Å²) in [6, 6.07) is 5.30. The molecule has 0 aromatic heterocycles. The highest BCUT2D eigenvalue weighted by Crippen LogP contribution is 2.29. The van der Waals surface area contributed by atoms with Crippen LogP contribution >= 0.6 is 11.6 Å². The molecule has 0 aliphatic rings. The van der Waals surface area contributed by atoms with Gasteiger partial charge in [-0.15, -0.1) is 0 Å². The summed E-state index contributed by atoms with van der Waals surface area (Å²) in [6.45, 7) is 0. The fourth-order valence-corrected chi connectivity index (χ4v) is 1.28. The van der Waals surface area contributed by atoms with Crippen molar-refractivity contribution in [3.8, 4) is 11.8 Å². The van der Waals surface area contributed by atoms with Crippen molar-refractivity contribution in [2.75, 3.05) is 12.8 Å². The number of anilines is 1. The minimum absolute atomic E-state index is 0.239. The van der Waals surface area contributed by atoms with E-state index >= 15 is 0 Å². The first kappa shape index (κ1) is 9.69. The van der Waals surface area contributed by atoms with Gasteiger partial charge >= 0.3 is 0 Å². The summed E-state index contributed by atoms with van der Waals surface area (Å²) in [5.74, 6) is 0.512. The van der Waals surface area contributed by atoms with Gasteiger partial charge in [-0.1, -0.05) is 11.6 Å². The highest BCUT2D eigenvalue weighted by molar-refractivity contribution is 6.31. The molecule has 0 radical (unpaired) electrons. The zero-order valence-corrected chi connectivity index (χ0v) is 7.93. The first-order valence-electron chi connectivity index (χ1n) is 3.68. The minimum Gasteiger partial charge on any atom is -0.495 e. The fraction of sp³-hybridized carbons (Fsp3) is 0.222. The molecule has 0 aliphatic carbocycles. The Morgan fingerprint density at radius 2 is 2.31 bits per heavy atom. The molecule has 0 atom stereocenters. The molecule has 0 amide bonds. The third-order valence-corrected chi connectivity index (χ3v) is 1.90. The summed E-state index contributed by atoms with van der Waals surface area (Å²) in [5, 5.41) is 9.03. The Balaban J connectivity index is 3.20. The van der Waals surface area contributed by atoms with Crippen LogP contribution in [0.25, 0.3) is 0 Å².